The average Bonchev–Trinajstić information content (AvgIpc) is 1.81. The lowest BCUT2D eigenvalue weighted by Crippen LogP contribution is -2.55. The van der Waals surface area contributed by atoms with Gasteiger partial charge in [0.1, 0.15) is 5.60 Å². The lowest BCUT2D eigenvalue weighted by Gasteiger charge is -2.32. The summed E-state index contributed by atoms with van der Waals surface area (Å²) < 4.78 is 5.28. The largest absolute Gasteiger partial charge is 0.364 e. The predicted octanol–water partition coefficient (Wildman–Crippen LogP) is 0.300. The highest BCUT2D eigenvalue weighted by Gasteiger charge is 2.33. The molecule has 3 heteroatoms. The van der Waals surface area contributed by atoms with Gasteiger partial charge in [0, 0.05) is 6.04 Å². The first-order chi connectivity index (χ1) is 4.52. The summed E-state index contributed by atoms with van der Waals surface area (Å²) in [6, 6.07) is 0.153. The Hall–Kier alpha value is -0.570. The fourth-order valence-corrected chi connectivity index (χ4v) is 0.838. The molecule has 1 atom stereocenters. The van der Waals surface area contributed by atoms with Gasteiger partial charge in [0.2, 0.25) is 0 Å². The maximum Gasteiger partial charge on any atom is 0.251 e. The molecule has 0 aromatic rings. The van der Waals surface area contributed by atoms with Crippen molar-refractivity contribution in [2.45, 2.75) is 32.4 Å². The molecule has 0 aliphatic carbocycles. The van der Waals surface area contributed by atoms with Crippen LogP contribution in [0.3, 0.4) is 0 Å². The van der Waals surface area contributed by atoms with E-state index in [1.165, 1.54) is 0 Å². The lowest BCUT2D eigenvalue weighted by atomic mass is 10.1. The number of morpholine rings is 1. The standard InChI is InChI=1S/C7H13NO2/c1-5-4-10-7(2,3)6(9)8-5/h5H,4H2,1-3H3,(H,8,9). The number of carbonyl (C=O) groups is 1. The number of ether oxygens (including phenoxy) is 1. The van der Waals surface area contributed by atoms with E-state index in [1.54, 1.807) is 13.8 Å². The van der Waals surface area contributed by atoms with Crippen LogP contribution in [0.25, 0.3) is 0 Å². The van der Waals surface area contributed by atoms with Crippen LogP contribution >= 0.6 is 0 Å². The van der Waals surface area contributed by atoms with Crippen LogP contribution in [0.1, 0.15) is 20.8 Å². The summed E-state index contributed by atoms with van der Waals surface area (Å²) in [7, 11) is 0. The summed E-state index contributed by atoms with van der Waals surface area (Å²) in [6.45, 7) is 6.08. The van der Waals surface area contributed by atoms with Crippen molar-refractivity contribution >= 4 is 5.91 Å². The molecule has 1 rings (SSSR count). The highest BCUT2D eigenvalue weighted by molar-refractivity contribution is 5.85. The molecule has 58 valence electrons. The maximum absolute atomic E-state index is 11.1. The first kappa shape index (κ1) is 7.54. The summed E-state index contributed by atoms with van der Waals surface area (Å²) in [6.07, 6.45) is 0. The van der Waals surface area contributed by atoms with Gasteiger partial charge in [-0.15, -0.1) is 0 Å². The summed E-state index contributed by atoms with van der Waals surface area (Å²) in [4.78, 5) is 11.1. The van der Waals surface area contributed by atoms with E-state index in [9.17, 15) is 4.79 Å². The van der Waals surface area contributed by atoms with Crippen LogP contribution in [0.5, 0.6) is 0 Å². The number of rotatable bonds is 0. The van der Waals surface area contributed by atoms with E-state index in [4.69, 9.17) is 4.74 Å². The molecule has 0 saturated carbocycles. The third-order valence-corrected chi connectivity index (χ3v) is 1.62. The Kier molecular flexibility index (Phi) is 1.68. The maximum atomic E-state index is 11.1. The Morgan fingerprint density at radius 3 is 2.70 bits per heavy atom. The lowest BCUT2D eigenvalue weighted by molar-refractivity contribution is -0.152. The molecule has 1 unspecified atom stereocenters. The number of carbonyl (C=O) groups excluding carboxylic acids is 1. The van der Waals surface area contributed by atoms with Gasteiger partial charge >= 0.3 is 0 Å². The summed E-state index contributed by atoms with van der Waals surface area (Å²) in [5, 5.41) is 2.81. The number of hydrogen-bond acceptors (Lipinski definition) is 2. The van der Waals surface area contributed by atoms with Crippen molar-refractivity contribution in [3.05, 3.63) is 0 Å². The van der Waals surface area contributed by atoms with Crippen LogP contribution in [0.4, 0.5) is 0 Å². The van der Waals surface area contributed by atoms with Gasteiger partial charge in [-0.1, -0.05) is 0 Å². The molecule has 0 radical (unpaired) electrons. The third-order valence-electron chi connectivity index (χ3n) is 1.62. The molecule has 1 aliphatic rings. The zero-order valence-corrected chi connectivity index (χ0v) is 6.60. The Morgan fingerprint density at radius 1 is 1.70 bits per heavy atom. The Bertz CT molecular complexity index is 154. The van der Waals surface area contributed by atoms with Crippen molar-refractivity contribution in [2.24, 2.45) is 0 Å². The van der Waals surface area contributed by atoms with E-state index < -0.39 is 5.60 Å². The quantitative estimate of drug-likeness (QED) is 0.529. The normalized spacial score (nSPS) is 31.5. The highest BCUT2D eigenvalue weighted by atomic mass is 16.5. The van der Waals surface area contributed by atoms with E-state index in [-0.39, 0.29) is 11.9 Å². The van der Waals surface area contributed by atoms with Crippen LogP contribution in [-0.2, 0) is 9.53 Å². The number of amides is 1. The fraction of sp³-hybridized carbons (Fsp3) is 0.857. The number of hydrogen-bond donors (Lipinski definition) is 1. The van der Waals surface area contributed by atoms with E-state index in [0.717, 1.165) is 0 Å². The van der Waals surface area contributed by atoms with Crippen LogP contribution in [0.15, 0.2) is 0 Å². The van der Waals surface area contributed by atoms with Gasteiger partial charge in [-0.3, -0.25) is 4.79 Å². The van der Waals surface area contributed by atoms with Gasteiger partial charge in [0.25, 0.3) is 5.91 Å². The molecule has 1 aliphatic heterocycles. The van der Waals surface area contributed by atoms with E-state index >= 15 is 0 Å². The van der Waals surface area contributed by atoms with Crippen LogP contribution in [0.2, 0.25) is 0 Å². The van der Waals surface area contributed by atoms with Crippen LogP contribution in [0, 0.1) is 0 Å². The minimum absolute atomic E-state index is 0.0220. The average molecular weight is 143 g/mol. The smallest absolute Gasteiger partial charge is 0.251 e. The van der Waals surface area contributed by atoms with Crippen molar-refractivity contribution in [2.75, 3.05) is 6.61 Å². The highest BCUT2D eigenvalue weighted by Crippen LogP contribution is 2.13. The van der Waals surface area contributed by atoms with Gasteiger partial charge < -0.3 is 10.1 Å². The number of nitrogens with one attached hydrogen (secondary N) is 1. The van der Waals surface area contributed by atoms with Crippen molar-refractivity contribution in [1.29, 1.82) is 0 Å². The molecule has 1 amide bonds. The second kappa shape index (κ2) is 2.23. The second-order valence-electron chi connectivity index (χ2n) is 3.20. The third kappa shape index (κ3) is 1.29. The minimum Gasteiger partial charge on any atom is -0.364 e. The van der Waals surface area contributed by atoms with E-state index in [1.807, 2.05) is 6.92 Å². The molecule has 0 aromatic heterocycles. The molecule has 0 bridgehead atoms. The topological polar surface area (TPSA) is 38.3 Å². The molecule has 1 heterocycles. The first-order valence-corrected chi connectivity index (χ1v) is 3.47. The van der Waals surface area contributed by atoms with Gasteiger partial charge in [-0.05, 0) is 20.8 Å². The van der Waals surface area contributed by atoms with Crippen molar-refractivity contribution in [3.8, 4) is 0 Å². The summed E-state index contributed by atoms with van der Waals surface area (Å²) in [5.41, 5.74) is -0.632. The Morgan fingerprint density at radius 2 is 2.30 bits per heavy atom. The van der Waals surface area contributed by atoms with Crippen molar-refractivity contribution in [1.82, 2.24) is 5.32 Å². The summed E-state index contributed by atoms with van der Waals surface area (Å²) in [5.74, 6) is -0.0220. The molecule has 1 fully saturated rings. The SMILES string of the molecule is CC1COC(C)(C)C(=O)N1. The zero-order chi connectivity index (χ0) is 7.78. The summed E-state index contributed by atoms with van der Waals surface area (Å²) >= 11 is 0. The van der Waals surface area contributed by atoms with E-state index in [0.29, 0.717) is 6.61 Å². The fourth-order valence-electron chi connectivity index (χ4n) is 0.838. The molecule has 3 nitrogen and oxygen atoms in total. The molecule has 1 N–H and O–H groups in total. The molecule has 0 spiro atoms. The minimum atomic E-state index is -0.632. The molecule has 1 saturated heterocycles. The first-order valence-electron chi connectivity index (χ1n) is 3.47. The van der Waals surface area contributed by atoms with Gasteiger partial charge in [0.05, 0.1) is 6.61 Å². The zero-order valence-electron chi connectivity index (χ0n) is 6.60. The van der Waals surface area contributed by atoms with Gasteiger partial charge in [-0.25, -0.2) is 0 Å². The molecule has 0 aromatic carbocycles. The molecular weight excluding hydrogens is 130 g/mol. The molecule has 10 heavy (non-hydrogen) atoms. The predicted molar refractivity (Wildman–Crippen MR) is 37.6 cm³/mol. The van der Waals surface area contributed by atoms with Crippen LogP contribution in [-0.4, -0.2) is 24.2 Å². The van der Waals surface area contributed by atoms with Crippen molar-refractivity contribution < 1.29 is 9.53 Å². The van der Waals surface area contributed by atoms with Crippen LogP contribution < -0.4 is 5.32 Å². The Labute approximate surface area is 60.7 Å². The van der Waals surface area contributed by atoms with Crippen molar-refractivity contribution in [3.63, 3.8) is 0 Å². The van der Waals surface area contributed by atoms with Gasteiger partial charge in [-0.2, -0.15) is 0 Å². The monoisotopic (exact) mass is 143 g/mol. The second-order valence-corrected chi connectivity index (χ2v) is 3.20. The van der Waals surface area contributed by atoms with E-state index in [2.05, 4.69) is 5.32 Å². The molecular formula is C7H13NO2. The van der Waals surface area contributed by atoms with Gasteiger partial charge in [0.15, 0.2) is 0 Å². The Balaban J connectivity index is 2.61.